The normalized spacial score (nSPS) is 21.7. The Morgan fingerprint density at radius 1 is 1.40 bits per heavy atom. The van der Waals surface area contributed by atoms with Gasteiger partial charge in [-0.2, -0.15) is 0 Å². The lowest BCUT2D eigenvalue weighted by molar-refractivity contribution is -0.125. The molecule has 1 heterocycles. The molecule has 2 N–H and O–H groups in total. The van der Waals surface area contributed by atoms with Crippen LogP contribution in [0, 0.1) is 5.92 Å². The fourth-order valence-corrected chi connectivity index (χ4v) is 2.13. The van der Waals surface area contributed by atoms with E-state index in [-0.39, 0.29) is 11.8 Å². The molecule has 1 saturated heterocycles. The van der Waals surface area contributed by atoms with Crippen molar-refractivity contribution in [1.82, 2.24) is 10.6 Å². The topological polar surface area (TPSA) is 41.1 Å². The highest BCUT2D eigenvalue weighted by molar-refractivity contribution is 5.78. The van der Waals surface area contributed by atoms with E-state index in [2.05, 4.69) is 24.5 Å². The van der Waals surface area contributed by atoms with Crippen molar-refractivity contribution in [2.45, 2.75) is 52.0 Å². The number of rotatable bonds is 5. The first-order chi connectivity index (χ1) is 7.27. The van der Waals surface area contributed by atoms with Crippen molar-refractivity contribution in [3.8, 4) is 0 Å². The fraction of sp³-hybridized carbons (Fsp3) is 0.917. The summed E-state index contributed by atoms with van der Waals surface area (Å²) < 4.78 is 0. The lowest BCUT2D eigenvalue weighted by Crippen LogP contribution is -2.44. The smallest absolute Gasteiger partial charge is 0.223 e. The second kappa shape index (κ2) is 6.83. The average molecular weight is 212 g/mol. The molecule has 15 heavy (non-hydrogen) atoms. The first-order valence-electron chi connectivity index (χ1n) is 6.29. The van der Waals surface area contributed by atoms with E-state index in [1.807, 2.05) is 0 Å². The average Bonchev–Trinajstić information content (AvgIpc) is 2.29. The van der Waals surface area contributed by atoms with E-state index in [4.69, 9.17) is 0 Å². The molecule has 1 fully saturated rings. The number of hydrogen-bond acceptors (Lipinski definition) is 2. The molecule has 1 atom stereocenters. The minimum absolute atomic E-state index is 0.202. The summed E-state index contributed by atoms with van der Waals surface area (Å²) in [6, 6.07) is 0.497. The number of carbonyl (C=O) groups excluding carboxylic acids is 1. The highest BCUT2D eigenvalue weighted by atomic mass is 16.1. The molecule has 0 aliphatic carbocycles. The SMILES string of the molecule is CCC(CC)C(=O)NCC1CCCCN1. The fourth-order valence-electron chi connectivity index (χ4n) is 2.13. The Kier molecular flexibility index (Phi) is 5.69. The van der Waals surface area contributed by atoms with E-state index in [0.29, 0.717) is 6.04 Å². The Hall–Kier alpha value is -0.570. The van der Waals surface area contributed by atoms with E-state index in [9.17, 15) is 4.79 Å². The first-order valence-corrected chi connectivity index (χ1v) is 6.29. The van der Waals surface area contributed by atoms with Crippen LogP contribution in [-0.4, -0.2) is 25.0 Å². The van der Waals surface area contributed by atoms with Crippen LogP contribution in [-0.2, 0) is 4.79 Å². The van der Waals surface area contributed by atoms with Gasteiger partial charge in [-0.25, -0.2) is 0 Å². The Labute approximate surface area is 93.0 Å². The molecule has 0 bridgehead atoms. The van der Waals surface area contributed by atoms with Gasteiger partial charge in [-0.3, -0.25) is 4.79 Å². The summed E-state index contributed by atoms with van der Waals surface area (Å²) in [6.45, 7) is 6.06. The standard InChI is InChI=1S/C12H24N2O/c1-3-10(4-2)12(15)14-9-11-7-5-6-8-13-11/h10-11,13H,3-9H2,1-2H3,(H,14,15). The number of nitrogens with one attached hydrogen (secondary N) is 2. The van der Waals surface area contributed by atoms with Gasteiger partial charge in [0.15, 0.2) is 0 Å². The molecule has 0 aromatic carbocycles. The van der Waals surface area contributed by atoms with Crippen LogP contribution in [0.25, 0.3) is 0 Å². The highest BCUT2D eigenvalue weighted by Crippen LogP contribution is 2.09. The van der Waals surface area contributed by atoms with E-state index < -0.39 is 0 Å². The molecular formula is C12H24N2O. The van der Waals surface area contributed by atoms with Gasteiger partial charge in [-0.1, -0.05) is 20.3 Å². The summed E-state index contributed by atoms with van der Waals surface area (Å²) in [5, 5.41) is 6.49. The molecule has 0 radical (unpaired) electrons. The molecule has 1 rings (SSSR count). The first kappa shape index (κ1) is 12.5. The van der Waals surface area contributed by atoms with Gasteiger partial charge in [0.1, 0.15) is 0 Å². The Balaban J connectivity index is 2.20. The summed E-state index contributed by atoms with van der Waals surface area (Å²) in [5.41, 5.74) is 0. The Morgan fingerprint density at radius 2 is 2.13 bits per heavy atom. The predicted octanol–water partition coefficient (Wildman–Crippen LogP) is 1.68. The van der Waals surface area contributed by atoms with Crippen molar-refractivity contribution in [3.63, 3.8) is 0 Å². The van der Waals surface area contributed by atoms with E-state index in [0.717, 1.165) is 25.9 Å². The number of hydrogen-bond donors (Lipinski definition) is 2. The Morgan fingerprint density at radius 3 is 2.67 bits per heavy atom. The maximum absolute atomic E-state index is 11.7. The Bertz CT molecular complexity index is 184. The van der Waals surface area contributed by atoms with Gasteiger partial charge >= 0.3 is 0 Å². The van der Waals surface area contributed by atoms with Crippen LogP contribution < -0.4 is 10.6 Å². The van der Waals surface area contributed by atoms with Crippen LogP contribution >= 0.6 is 0 Å². The third-order valence-corrected chi connectivity index (χ3v) is 3.29. The van der Waals surface area contributed by atoms with Crippen LogP contribution in [0.1, 0.15) is 46.0 Å². The monoisotopic (exact) mass is 212 g/mol. The van der Waals surface area contributed by atoms with Crippen molar-refractivity contribution < 1.29 is 4.79 Å². The second-order valence-corrected chi connectivity index (χ2v) is 4.41. The van der Waals surface area contributed by atoms with Gasteiger partial charge in [0.25, 0.3) is 0 Å². The van der Waals surface area contributed by atoms with Crippen LogP contribution in [0.3, 0.4) is 0 Å². The number of piperidine rings is 1. The number of amides is 1. The zero-order valence-corrected chi connectivity index (χ0v) is 10.0. The molecule has 88 valence electrons. The molecule has 1 aliphatic rings. The summed E-state index contributed by atoms with van der Waals surface area (Å²) >= 11 is 0. The van der Waals surface area contributed by atoms with Crippen LogP contribution in [0.15, 0.2) is 0 Å². The maximum atomic E-state index is 11.7. The summed E-state index contributed by atoms with van der Waals surface area (Å²) in [6.07, 6.45) is 5.65. The summed E-state index contributed by atoms with van der Waals surface area (Å²) in [7, 11) is 0. The molecule has 1 unspecified atom stereocenters. The molecule has 1 amide bonds. The molecule has 0 spiro atoms. The second-order valence-electron chi connectivity index (χ2n) is 4.41. The van der Waals surface area contributed by atoms with Crippen molar-refractivity contribution >= 4 is 5.91 Å². The van der Waals surface area contributed by atoms with E-state index >= 15 is 0 Å². The van der Waals surface area contributed by atoms with Crippen molar-refractivity contribution in [2.75, 3.05) is 13.1 Å². The highest BCUT2D eigenvalue weighted by Gasteiger charge is 2.17. The van der Waals surface area contributed by atoms with E-state index in [1.54, 1.807) is 0 Å². The van der Waals surface area contributed by atoms with E-state index in [1.165, 1.54) is 19.3 Å². The molecule has 0 aromatic rings. The van der Waals surface area contributed by atoms with Gasteiger partial charge < -0.3 is 10.6 Å². The van der Waals surface area contributed by atoms with Crippen LogP contribution in [0.4, 0.5) is 0 Å². The zero-order valence-electron chi connectivity index (χ0n) is 10.0. The predicted molar refractivity (Wildman–Crippen MR) is 62.7 cm³/mol. The minimum Gasteiger partial charge on any atom is -0.354 e. The molecule has 3 nitrogen and oxygen atoms in total. The summed E-state index contributed by atoms with van der Waals surface area (Å²) in [4.78, 5) is 11.7. The lowest BCUT2D eigenvalue weighted by atomic mass is 10.0. The molecule has 0 aromatic heterocycles. The molecule has 1 aliphatic heterocycles. The molecule has 0 saturated carbocycles. The van der Waals surface area contributed by atoms with Gasteiger partial charge in [0, 0.05) is 18.5 Å². The van der Waals surface area contributed by atoms with Gasteiger partial charge in [-0.05, 0) is 32.2 Å². The maximum Gasteiger partial charge on any atom is 0.223 e. The third kappa shape index (κ3) is 4.20. The minimum atomic E-state index is 0.202. The molecular weight excluding hydrogens is 188 g/mol. The van der Waals surface area contributed by atoms with Crippen LogP contribution in [0.5, 0.6) is 0 Å². The summed E-state index contributed by atoms with van der Waals surface area (Å²) in [5.74, 6) is 0.431. The quantitative estimate of drug-likeness (QED) is 0.728. The van der Waals surface area contributed by atoms with Crippen LogP contribution in [0.2, 0.25) is 0 Å². The van der Waals surface area contributed by atoms with Gasteiger partial charge in [0.05, 0.1) is 0 Å². The third-order valence-electron chi connectivity index (χ3n) is 3.29. The largest absolute Gasteiger partial charge is 0.354 e. The van der Waals surface area contributed by atoms with Crippen molar-refractivity contribution in [1.29, 1.82) is 0 Å². The van der Waals surface area contributed by atoms with Gasteiger partial charge in [0.2, 0.25) is 5.91 Å². The van der Waals surface area contributed by atoms with Gasteiger partial charge in [-0.15, -0.1) is 0 Å². The lowest BCUT2D eigenvalue weighted by Gasteiger charge is -2.24. The van der Waals surface area contributed by atoms with Crippen molar-refractivity contribution in [3.05, 3.63) is 0 Å². The van der Waals surface area contributed by atoms with Crippen molar-refractivity contribution in [2.24, 2.45) is 5.92 Å². The number of carbonyl (C=O) groups is 1. The zero-order chi connectivity index (χ0) is 11.1. The molecule has 3 heteroatoms.